The number of alkyl halides is 3. The first kappa shape index (κ1) is 27.8. The molecule has 204 valence electrons. The van der Waals surface area contributed by atoms with E-state index in [0.717, 1.165) is 50.8 Å². The van der Waals surface area contributed by atoms with Crippen molar-refractivity contribution < 1.29 is 22.8 Å². The highest BCUT2D eigenvalue weighted by atomic mass is 19.4. The van der Waals surface area contributed by atoms with Crippen LogP contribution in [0.5, 0.6) is 0 Å². The van der Waals surface area contributed by atoms with Gasteiger partial charge in [-0.25, -0.2) is 4.99 Å². The van der Waals surface area contributed by atoms with Crippen LogP contribution in [0.3, 0.4) is 0 Å². The number of fused-ring (bicyclic) bond motifs is 1. The summed E-state index contributed by atoms with van der Waals surface area (Å²) in [6.07, 6.45) is -1.35. The number of nitrogens with zero attached hydrogens (tertiary/aromatic N) is 2. The number of hydrogen-bond acceptors (Lipinski definition) is 4. The van der Waals surface area contributed by atoms with Gasteiger partial charge >= 0.3 is 6.18 Å². The van der Waals surface area contributed by atoms with E-state index in [4.69, 9.17) is 0 Å². The van der Waals surface area contributed by atoms with Gasteiger partial charge in [0.25, 0.3) is 5.91 Å². The molecule has 0 spiro atoms. The SMILES string of the molecule is CC(C)CCNCC1(C(=O)NC2N=C(c3ccc(C(F)(F)F)cc3)c3ccccc3N(C)C2=O)CCCC1. The van der Waals surface area contributed by atoms with Crippen molar-refractivity contribution in [1.29, 1.82) is 0 Å². The smallest absolute Gasteiger partial charge is 0.326 e. The third-order valence-corrected chi connectivity index (χ3v) is 7.50. The number of anilines is 1. The molecular weight excluding hydrogens is 493 g/mol. The first-order chi connectivity index (χ1) is 18.0. The first-order valence-electron chi connectivity index (χ1n) is 13.2. The number of carbonyl (C=O) groups excluding carboxylic acids is 2. The van der Waals surface area contributed by atoms with Crippen molar-refractivity contribution in [2.45, 2.75) is 58.3 Å². The van der Waals surface area contributed by atoms with E-state index in [1.165, 1.54) is 17.0 Å². The van der Waals surface area contributed by atoms with Crippen molar-refractivity contribution in [3.63, 3.8) is 0 Å². The largest absolute Gasteiger partial charge is 0.416 e. The number of aliphatic imine (C=N–C) groups is 1. The molecule has 4 rings (SSSR count). The molecule has 1 saturated carbocycles. The van der Waals surface area contributed by atoms with E-state index in [1.807, 2.05) is 0 Å². The quantitative estimate of drug-likeness (QED) is 0.465. The van der Waals surface area contributed by atoms with Gasteiger partial charge in [-0.3, -0.25) is 9.59 Å². The Balaban J connectivity index is 1.66. The highest BCUT2D eigenvalue weighted by molar-refractivity contribution is 6.20. The molecule has 2 amide bonds. The fraction of sp³-hybridized carbons (Fsp3) is 0.483. The highest BCUT2D eigenvalue weighted by Crippen LogP contribution is 2.38. The Morgan fingerprint density at radius 2 is 1.76 bits per heavy atom. The van der Waals surface area contributed by atoms with Gasteiger partial charge in [-0.15, -0.1) is 0 Å². The summed E-state index contributed by atoms with van der Waals surface area (Å²) in [4.78, 5) is 33.3. The summed E-state index contributed by atoms with van der Waals surface area (Å²) in [5.74, 6) is -0.0801. The van der Waals surface area contributed by atoms with Crippen LogP contribution in [0.1, 0.15) is 62.6 Å². The van der Waals surface area contributed by atoms with E-state index < -0.39 is 29.2 Å². The lowest BCUT2D eigenvalue weighted by molar-refractivity contribution is -0.137. The van der Waals surface area contributed by atoms with E-state index in [1.54, 1.807) is 31.3 Å². The molecule has 1 unspecified atom stereocenters. The molecule has 1 aliphatic heterocycles. The van der Waals surface area contributed by atoms with Gasteiger partial charge < -0.3 is 15.5 Å². The highest BCUT2D eigenvalue weighted by Gasteiger charge is 2.43. The summed E-state index contributed by atoms with van der Waals surface area (Å²) in [5, 5.41) is 6.34. The molecular formula is C29H35F3N4O2. The lowest BCUT2D eigenvalue weighted by Gasteiger charge is -2.30. The first-order valence-corrected chi connectivity index (χ1v) is 13.2. The zero-order valence-corrected chi connectivity index (χ0v) is 22.1. The minimum atomic E-state index is -4.47. The minimum Gasteiger partial charge on any atom is -0.326 e. The van der Waals surface area contributed by atoms with E-state index in [0.29, 0.717) is 35.0 Å². The molecule has 1 atom stereocenters. The number of benzene rings is 2. The van der Waals surface area contributed by atoms with E-state index in [-0.39, 0.29) is 5.91 Å². The van der Waals surface area contributed by atoms with Crippen molar-refractivity contribution in [2.75, 3.05) is 25.0 Å². The van der Waals surface area contributed by atoms with E-state index in [9.17, 15) is 22.8 Å². The fourth-order valence-electron chi connectivity index (χ4n) is 5.20. The molecule has 38 heavy (non-hydrogen) atoms. The third kappa shape index (κ3) is 5.93. The molecule has 0 bridgehead atoms. The molecule has 6 nitrogen and oxygen atoms in total. The van der Waals surface area contributed by atoms with Gasteiger partial charge in [0, 0.05) is 24.7 Å². The van der Waals surface area contributed by atoms with Crippen LogP contribution in [-0.4, -0.2) is 43.8 Å². The number of nitrogens with one attached hydrogen (secondary N) is 2. The van der Waals surface area contributed by atoms with Crippen molar-refractivity contribution >= 4 is 23.2 Å². The van der Waals surface area contributed by atoms with Gasteiger partial charge in [-0.2, -0.15) is 13.2 Å². The molecule has 1 aliphatic carbocycles. The summed E-state index contributed by atoms with van der Waals surface area (Å²) in [7, 11) is 1.62. The van der Waals surface area contributed by atoms with E-state index >= 15 is 0 Å². The van der Waals surface area contributed by atoms with Gasteiger partial charge in [0.1, 0.15) is 0 Å². The van der Waals surface area contributed by atoms with Crippen LogP contribution in [0.15, 0.2) is 53.5 Å². The Bertz CT molecular complexity index is 1190. The summed E-state index contributed by atoms with van der Waals surface area (Å²) in [6, 6.07) is 11.8. The van der Waals surface area contributed by atoms with E-state index in [2.05, 4.69) is 29.5 Å². The Morgan fingerprint density at radius 3 is 2.39 bits per heavy atom. The maximum Gasteiger partial charge on any atom is 0.416 e. The van der Waals surface area contributed by atoms with Crippen molar-refractivity contribution in [3.8, 4) is 0 Å². The topological polar surface area (TPSA) is 73.8 Å². The third-order valence-electron chi connectivity index (χ3n) is 7.50. The zero-order valence-electron chi connectivity index (χ0n) is 22.1. The Kier molecular flexibility index (Phi) is 8.25. The summed E-state index contributed by atoms with van der Waals surface area (Å²) < 4.78 is 39.5. The van der Waals surface area contributed by atoms with Crippen LogP contribution in [0.2, 0.25) is 0 Å². The molecule has 9 heteroatoms. The predicted molar refractivity (Wildman–Crippen MR) is 142 cm³/mol. The summed E-state index contributed by atoms with van der Waals surface area (Å²) in [6.45, 7) is 5.64. The van der Waals surface area contributed by atoms with Crippen LogP contribution in [-0.2, 0) is 15.8 Å². The molecule has 0 aromatic heterocycles. The number of hydrogen-bond donors (Lipinski definition) is 2. The molecule has 1 fully saturated rings. The average molecular weight is 529 g/mol. The number of amides is 2. The fourth-order valence-corrected chi connectivity index (χ4v) is 5.20. The van der Waals surface area contributed by atoms with Crippen LogP contribution in [0, 0.1) is 11.3 Å². The van der Waals surface area contributed by atoms with Gasteiger partial charge in [-0.1, -0.05) is 57.0 Å². The average Bonchev–Trinajstić information content (AvgIpc) is 3.34. The van der Waals surface area contributed by atoms with Crippen LogP contribution >= 0.6 is 0 Å². The molecule has 2 N–H and O–H groups in total. The number of likely N-dealkylation sites (N-methyl/N-ethyl adjacent to an activating group) is 1. The van der Waals surface area contributed by atoms with Crippen molar-refractivity contribution in [3.05, 3.63) is 65.2 Å². The standard InChI is InChI=1S/C29H35F3N4O2/c1-19(2)14-17-33-18-28(15-6-7-16-28)27(38)35-25-26(37)36(3)23-9-5-4-8-22(23)24(34-25)20-10-12-21(13-11-20)29(30,31)32/h4-5,8-13,19,25,33H,6-7,14-18H2,1-3H3,(H,35,38). The number of benzodiazepines with no additional fused rings is 1. The minimum absolute atomic E-state index is 0.222. The van der Waals surface area contributed by atoms with Crippen molar-refractivity contribution in [1.82, 2.24) is 10.6 Å². The zero-order chi connectivity index (χ0) is 27.5. The lowest BCUT2D eigenvalue weighted by atomic mass is 9.84. The van der Waals surface area contributed by atoms with Gasteiger partial charge in [-0.05, 0) is 49.9 Å². The number of carbonyl (C=O) groups is 2. The second-order valence-electron chi connectivity index (χ2n) is 10.7. The maximum absolute atomic E-state index is 13.7. The van der Waals surface area contributed by atoms with Crippen LogP contribution in [0.25, 0.3) is 0 Å². The molecule has 1 heterocycles. The number of halogens is 3. The second-order valence-corrected chi connectivity index (χ2v) is 10.7. The normalized spacial score (nSPS) is 19.2. The Labute approximate surface area is 221 Å². The maximum atomic E-state index is 13.7. The summed E-state index contributed by atoms with van der Waals surface area (Å²) >= 11 is 0. The molecule has 2 aliphatic rings. The molecule has 0 radical (unpaired) electrons. The van der Waals surface area contributed by atoms with Gasteiger partial charge in [0.05, 0.1) is 22.4 Å². The molecule has 2 aromatic carbocycles. The van der Waals surface area contributed by atoms with Gasteiger partial charge in [0.2, 0.25) is 12.1 Å². The Hall–Kier alpha value is -3.20. The predicted octanol–water partition coefficient (Wildman–Crippen LogP) is 5.16. The number of para-hydroxylation sites is 1. The molecule has 2 aromatic rings. The Morgan fingerprint density at radius 1 is 1.11 bits per heavy atom. The lowest BCUT2D eigenvalue weighted by Crippen LogP contribution is -2.53. The second kappa shape index (κ2) is 11.3. The van der Waals surface area contributed by atoms with Crippen LogP contribution in [0.4, 0.5) is 18.9 Å². The van der Waals surface area contributed by atoms with Crippen LogP contribution < -0.4 is 15.5 Å². The van der Waals surface area contributed by atoms with Gasteiger partial charge in [0.15, 0.2) is 0 Å². The monoisotopic (exact) mass is 528 g/mol. The molecule has 0 saturated heterocycles. The van der Waals surface area contributed by atoms with Crippen molar-refractivity contribution in [2.24, 2.45) is 16.3 Å². The summed E-state index contributed by atoms with van der Waals surface area (Å²) in [5.41, 5.74) is 0.560. The number of rotatable bonds is 8.